The Bertz CT molecular complexity index is 1020. The summed E-state index contributed by atoms with van der Waals surface area (Å²) in [5.74, 6) is -1.26. The lowest BCUT2D eigenvalue weighted by molar-refractivity contribution is -0.119. The van der Waals surface area contributed by atoms with Crippen molar-refractivity contribution >= 4 is 101 Å². The van der Waals surface area contributed by atoms with Crippen molar-refractivity contribution in [3.8, 4) is 0 Å². The molecule has 2 heterocycles. The molecule has 0 saturated heterocycles. The van der Waals surface area contributed by atoms with Gasteiger partial charge in [0.05, 0.1) is 30.5 Å². The average Bonchev–Trinajstić information content (AvgIpc) is 3.21. The summed E-state index contributed by atoms with van der Waals surface area (Å²) >= 11 is 26.6. The highest BCUT2D eigenvalue weighted by Crippen LogP contribution is 2.41. The summed E-state index contributed by atoms with van der Waals surface area (Å²) in [7, 11) is 3.78. The van der Waals surface area contributed by atoms with Gasteiger partial charge in [0.15, 0.2) is 11.7 Å². The zero-order chi connectivity index (χ0) is 20.6. The van der Waals surface area contributed by atoms with Crippen LogP contribution in [-0.2, 0) is 9.53 Å². The molecule has 0 aliphatic rings. The fourth-order valence-electron chi connectivity index (χ4n) is 2.08. The van der Waals surface area contributed by atoms with E-state index in [1.165, 1.54) is 28.7 Å². The second-order valence-corrected chi connectivity index (χ2v) is 9.25. The number of hydrogen-bond acceptors (Lipinski definition) is 7. The molecule has 1 amide bonds. The van der Waals surface area contributed by atoms with Crippen LogP contribution in [0.4, 0.5) is 10.8 Å². The van der Waals surface area contributed by atoms with Crippen LogP contribution in [0.2, 0.25) is 20.1 Å². The minimum atomic E-state index is -0.637. The van der Waals surface area contributed by atoms with Crippen molar-refractivity contribution in [2.24, 2.45) is 0 Å². The molecule has 0 fully saturated rings. The Labute approximate surface area is 187 Å². The quantitative estimate of drug-likeness (QED) is 0.353. The molecule has 2 aromatic heterocycles. The predicted octanol–water partition coefficient (Wildman–Crippen LogP) is 5.83. The van der Waals surface area contributed by atoms with Crippen molar-refractivity contribution in [3.63, 3.8) is 0 Å². The largest absolute Gasteiger partial charge is 0.451 e. The number of nitrogens with zero attached hydrogens (tertiary/aromatic N) is 2. The number of thiazole rings is 1. The first-order chi connectivity index (χ1) is 13.2. The van der Waals surface area contributed by atoms with E-state index >= 15 is 0 Å². The van der Waals surface area contributed by atoms with Gasteiger partial charge in [0.2, 0.25) is 0 Å². The minimum Gasteiger partial charge on any atom is -0.451 e. The lowest BCUT2D eigenvalue weighted by atomic mass is 10.3. The zero-order valence-corrected chi connectivity index (χ0v) is 19.0. The molecule has 28 heavy (non-hydrogen) atoms. The Kier molecular flexibility index (Phi) is 6.58. The van der Waals surface area contributed by atoms with Crippen LogP contribution < -0.4 is 10.2 Å². The van der Waals surface area contributed by atoms with Crippen LogP contribution in [-0.4, -0.2) is 37.6 Å². The molecule has 12 heteroatoms. The van der Waals surface area contributed by atoms with Gasteiger partial charge in [-0.15, -0.1) is 11.3 Å². The molecule has 0 saturated carbocycles. The standard InChI is InChI=1S/C16H11Cl4N3O3S2/c1-23(2)16-22-14-8(28-16)4-9(27-14)15(25)26-5-10(24)21-13-11(19)6(17)3-7(18)12(13)20/h3-4H,5H2,1-2H3,(H,21,24). The van der Waals surface area contributed by atoms with E-state index in [4.69, 9.17) is 51.1 Å². The van der Waals surface area contributed by atoms with Gasteiger partial charge < -0.3 is 15.0 Å². The lowest BCUT2D eigenvalue weighted by Crippen LogP contribution is -2.21. The van der Waals surface area contributed by atoms with E-state index in [2.05, 4.69) is 10.3 Å². The number of hydrogen-bond donors (Lipinski definition) is 1. The van der Waals surface area contributed by atoms with Crippen LogP contribution in [0.5, 0.6) is 0 Å². The van der Waals surface area contributed by atoms with Crippen molar-refractivity contribution in [2.45, 2.75) is 0 Å². The number of nitrogens with one attached hydrogen (secondary N) is 1. The maximum absolute atomic E-state index is 12.2. The van der Waals surface area contributed by atoms with Gasteiger partial charge in [0.25, 0.3) is 5.91 Å². The van der Waals surface area contributed by atoms with E-state index in [9.17, 15) is 9.59 Å². The molecule has 0 aliphatic heterocycles. The average molecular weight is 499 g/mol. The monoisotopic (exact) mass is 497 g/mol. The van der Waals surface area contributed by atoms with Gasteiger partial charge in [-0.05, 0) is 12.1 Å². The first-order valence-corrected chi connectivity index (χ1v) is 10.7. The number of esters is 1. The highest BCUT2D eigenvalue weighted by Gasteiger charge is 2.19. The smallest absolute Gasteiger partial charge is 0.348 e. The molecule has 6 nitrogen and oxygen atoms in total. The van der Waals surface area contributed by atoms with Crippen molar-refractivity contribution in [1.82, 2.24) is 4.98 Å². The number of thiophene rings is 1. The number of anilines is 2. The topological polar surface area (TPSA) is 71.5 Å². The van der Waals surface area contributed by atoms with E-state index in [1.807, 2.05) is 19.0 Å². The Balaban J connectivity index is 1.65. The fraction of sp³-hybridized carbons (Fsp3) is 0.188. The molecule has 0 unspecified atom stereocenters. The molecule has 0 atom stereocenters. The number of ether oxygens (including phenoxy) is 1. The Morgan fingerprint density at radius 3 is 2.32 bits per heavy atom. The van der Waals surface area contributed by atoms with E-state index in [0.717, 1.165) is 14.7 Å². The maximum atomic E-state index is 12.2. The van der Waals surface area contributed by atoms with Crippen molar-refractivity contribution in [2.75, 3.05) is 30.9 Å². The molecule has 0 spiro atoms. The summed E-state index contributed by atoms with van der Waals surface area (Å²) in [5.41, 5.74) is 0.0546. The molecule has 3 aromatic rings. The van der Waals surface area contributed by atoms with Gasteiger partial charge in [-0.2, -0.15) is 0 Å². The van der Waals surface area contributed by atoms with Crippen molar-refractivity contribution in [1.29, 1.82) is 0 Å². The molecular formula is C16H11Cl4N3O3S2. The maximum Gasteiger partial charge on any atom is 0.348 e. The third-order valence-electron chi connectivity index (χ3n) is 3.37. The molecule has 1 N–H and O–H groups in total. The molecule has 0 bridgehead atoms. The Morgan fingerprint density at radius 1 is 1.11 bits per heavy atom. The number of halogens is 4. The zero-order valence-electron chi connectivity index (χ0n) is 14.3. The second-order valence-electron chi connectivity index (χ2n) is 5.64. The third kappa shape index (κ3) is 4.48. The van der Waals surface area contributed by atoms with Crippen LogP contribution in [0.3, 0.4) is 0 Å². The molecule has 0 radical (unpaired) electrons. The normalized spacial score (nSPS) is 10.9. The van der Waals surface area contributed by atoms with Gasteiger partial charge in [-0.3, -0.25) is 4.79 Å². The summed E-state index contributed by atoms with van der Waals surface area (Å²) in [6.45, 7) is -0.530. The minimum absolute atomic E-state index is 0.0389. The van der Waals surface area contributed by atoms with Gasteiger partial charge in [0, 0.05) is 14.1 Å². The number of benzene rings is 1. The number of amides is 1. The van der Waals surface area contributed by atoms with E-state index in [1.54, 1.807) is 6.07 Å². The summed E-state index contributed by atoms with van der Waals surface area (Å²) in [4.78, 5) is 31.7. The van der Waals surface area contributed by atoms with Crippen molar-refractivity contribution < 1.29 is 14.3 Å². The second kappa shape index (κ2) is 8.61. The van der Waals surface area contributed by atoms with Crippen LogP contribution in [0, 0.1) is 0 Å². The summed E-state index contributed by atoms with van der Waals surface area (Å²) < 4.78 is 5.93. The number of carbonyl (C=O) groups excluding carboxylic acids is 2. The van der Waals surface area contributed by atoms with Crippen LogP contribution >= 0.6 is 69.1 Å². The van der Waals surface area contributed by atoms with Crippen LogP contribution in [0.25, 0.3) is 9.53 Å². The third-order valence-corrected chi connectivity index (χ3v) is 7.26. The number of fused-ring (bicyclic) bond motifs is 1. The molecule has 1 aromatic carbocycles. The van der Waals surface area contributed by atoms with Crippen LogP contribution in [0.15, 0.2) is 12.1 Å². The van der Waals surface area contributed by atoms with Gasteiger partial charge >= 0.3 is 5.97 Å². The summed E-state index contributed by atoms with van der Waals surface area (Å²) in [5, 5.41) is 3.63. The Morgan fingerprint density at radius 2 is 1.75 bits per heavy atom. The molecular weight excluding hydrogens is 488 g/mol. The van der Waals surface area contributed by atoms with E-state index in [-0.39, 0.29) is 25.8 Å². The van der Waals surface area contributed by atoms with Crippen molar-refractivity contribution in [3.05, 3.63) is 37.1 Å². The summed E-state index contributed by atoms with van der Waals surface area (Å²) in [6, 6.07) is 3.05. The Hall–Kier alpha value is -1.29. The van der Waals surface area contributed by atoms with E-state index in [0.29, 0.717) is 4.88 Å². The summed E-state index contributed by atoms with van der Waals surface area (Å²) in [6.07, 6.45) is 0. The van der Waals surface area contributed by atoms with Gasteiger partial charge in [-0.25, -0.2) is 9.78 Å². The number of rotatable bonds is 5. The number of aromatic nitrogens is 1. The van der Waals surface area contributed by atoms with Gasteiger partial charge in [0.1, 0.15) is 9.71 Å². The fourth-order valence-corrected chi connectivity index (χ4v) is 5.01. The molecule has 0 aliphatic carbocycles. The highest BCUT2D eigenvalue weighted by molar-refractivity contribution is 7.29. The van der Waals surface area contributed by atoms with Crippen LogP contribution in [0.1, 0.15) is 9.67 Å². The van der Waals surface area contributed by atoms with E-state index < -0.39 is 18.5 Å². The highest BCUT2D eigenvalue weighted by atomic mass is 35.5. The number of carbonyl (C=O) groups is 2. The first kappa shape index (κ1) is 21.4. The SMILES string of the molecule is CN(C)c1nc2sc(C(=O)OCC(=O)Nc3c(Cl)c(Cl)cc(Cl)c3Cl)cc2s1. The first-order valence-electron chi connectivity index (χ1n) is 7.55. The molecule has 148 valence electrons. The predicted molar refractivity (Wildman–Crippen MR) is 117 cm³/mol. The molecule has 3 rings (SSSR count). The lowest BCUT2D eigenvalue weighted by Gasteiger charge is -2.11. The van der Waals surface area contributed by atoms with Gasteiger partial charge in [-0.1, -0.05) is 57.7 Å².